The van der Waals surface area contributed by atoms with Crippen LogP contribution < -0.4 is 10.6 Å². The Balaban J connectivity index is 2.00. The Labute approximate surface area is 120 Å². The monoisotopic (exact) mass is 325 g/mol. The van der Waals surface area contributed by atoms with Gasteiger partial charge in [-0.15, -0.1) is 0 Å². The van der Waals surface area contributed by atoms with Gasteiger partial charge in [0.25, 0.3) is 0 Å². The molecule has 2 aliphatic rings. The van der Waals surface area contributed by atoms with Gasteiger partial charge in [0.1, 0.15) is 0 Å². The lowest BCUT2D eigenvalue weighted by Crippen LogP contribution is -2.52. The maximum absolute atomic E-state index is 6.11. The van der Waals surface area contributed by atoms with Crippen molar-refractivity contribution in [2.45, 2.75) is 24.1 Å². The maximum Gasteiger partial charge on any atom is 0.196 e. The number of thioether (sulfide) groups is 1. The summed E-state index contributed by atoms with van der Waals surface area (Å²) < 4.78 is 1.08. The van der Waals surface area contributed by atoms with Crippen LogP contribution in [0.3, 0.4) is 0 Å². The van der Waals surface area contributed by atoms with Crippen LogP contribution in [-0.2, 0) is 0 Å². The molecule has 2 unspecified atom stereocenters. The average molecular weight is 326 g/mol. The zero-order chi connectivity index (χ0) is 12.8. The third-order valence-electron chi connectivity index (χ3n) is 3.61. The molecule has 18 heavy (non-hydrogen) atoms. The molecule has 3 nitrogen and oxygen atoms in total. The first-order chi connectivity index (χ1) is 8.61. The normalized spacial score (nSPS) is 31.1. The number of hydrogen-bond acceptors (Lipinski definition) is 4. The lowest BCUT2D eigenvalue weighted by Gasteiger charge is -2.35. The van der Waals surface area contributed by atoms with Gasteiger partial charge in [-0.2, -0.15) is 11.8 Å². The van der Waals surface area contributed by atoms with Crippen LogP contribution >= 0.6 is 27.7 Å². The molecule has 0 bridgehead atoms. The van der Waals surface area contributed by atoms with Crippen molar-refractivity contribution in [3.05, 3.63) is 28.7 Å². The Hall–Kier alpha value is -0.680. The van der Waals surface area contributed by atoms with Gasteiger partial charge in [0.2, 0.25) is 0 Å². The number of nitrogens with zero attached hydrogens (tertiary/aromatic N) is 2. The molecule has 0 radical (unpaired) electrons. The predicted molar refractivity (Wildman–Crippen MR) is 82.4 cm³/mol. The first kappa shape index (κ1) is 12.4. The minimum atomic E-state index is 0.0922. The van der Waals surface area contributed by atoms with Crippen molar-refractivity contribution in [3.63, 3.8) is 0 Å². The molecule has 5 heteroatoms. The second-order valence-electron chi connectivity index (χ2n) is 5.04. The van der Waals surface area contributed by atoms with Crippen LogP contribution in [0.2, 0.25) is 0 Å². The van der Waals surface area contributed by atoms with Crippen LogP contribution in [0, 0.1) is 0 Å². The van der Waals surface area contributed by atoms with E-state index in [4.69, 9.17) is 5.73 Å². The Morgan fingerprint density at radius 1 is 1.56 bits per heavy atom. The topological polar surface area (TPSA) is 41.6 Å². The molecule has 1 saturated heterocycles. The number of halogens is 1. The van der Waals surface area contributed by atoms with Crippen LogP contribution in [0.15, 0.2) is 33.7 Å². The average Bonchev–Trinajstić information content (AvgIpc) is 2.84. The van der Waals surface area contributed by atoms with Crippen molar-refractivity contribution < 1.29 is 0 Å². The van der Waals surface area contributed by atoms with E-state index in [-0.39, 0.29) is 5.54 Å². The second kappa shape index (κ2) is 4.46. The third kappa shape index (κ3) is 1.93. The Morgan fingerprint density at radius 3 is 3.06 bits per heavy atom. The fourth-order valence-electron chi connectivity index (χ4n) is 2.85. The van der Waals surface area contributed by atoms with E-state index in [9.17, 15) is 0 Å². The van der Waals surface area contributed by atoms with Gasteiger partial charge in [0.15, 0.2) is 5.96 Å². The highest BCUT2D eigenvalue weighted by molar-refractivity contribution is 9.10. The first-order valence-corrected chi connectivity index (χ1v) is 7.92. The number of anilines is 1. The standard InChI is InChI=1S/C13H16BrN3S/c1-9-6-13(8-18-9)7-16-12(15)17(13)11-4-2-3-10(14)5-11/h2-5,9H,6-8H2,1H3,(H2,15,16). The quantitative estimate of drug-likeness (QED) is 0.863. The molecule has 2 N–H and O–H groups in total. The highest BCUT2D eigenvalue weighted by atomic mass is 79.9. The molecule has 1 aromatic rings. The Bertz CT molecular complexity index is 505. The molecule has 0 aliphatic carbocycles. The van der Waals surface area contributed by atoms with E-state index in [0.29, 0.717) is 11.2 Å². The lowest BCUT2D eigenvalue weighted by molar-refractivity contribution is 0.493. The van der Waals surface area contributed by atoms with Crippen molar-refractivity contribution in [1.29, 1.82) is 0 Å². The minimum absolute atomic E-state index is 0.0922. The lowest BCUT2D eigenvalue weighted by atomic mass is 9.94. The van der Waals surface area contributed by atoms with Gasteiger partial charge < -0.3 is 10.6 Å². The van der Waals surface area contributed by atoms with Gasteiger partial charge in [-0.05, 0) is 24.6 Å². The number of nitrogens with two attached hydrogens (primary N) is 1. The van der Waals surface area contributed by atoms with E-state index in [2.05, 4.69) is 44.9 Å². The van der Waals surface area contributed by atoms with Gasteiger partial charge in [-0.25, -0.2) is 0 Å². The second-order valence-corrected chi connectivity index (χ2v) is 7.38. The largest absolute Gasteiger partial charge is 0.369 e. The highest BCUT2D eigenvalue weighted by Crippen LogP contribution is 2.43. The van der Waals surface area contributed by atoms with Crippen molar-refractivity contribution >= 4 is 39.3 Å². The summed E-state index contributed by atoms with van der Waals surface area (Å²) >= 11 is 5.54. The fraction of sp³-hybridized carbons (Fsp3) is 0.462. The summed E-state index contributed by atoms with van der Waals surface area (Å²) in [6.45, 7) is 3.11. The first-order valence-electron chi connectivity index (χ1n) is 6.08. The summed E-state index contributed by atoms with van der Waals surface area (Å²) in [6.07, 6.45) is 1.15. The molecule has 3 rings (SSSR count). The van der Waals surface area contributed by atoms with E-state index >= 15 is 0 Å². The molecule has 2 aliphatic heterocycles. The molecule has 1 fully saturated rings. The molecule has 0 amide bonds. The van der Waals surface area contributed by atoms with Gasteiger partial charge in [0, 0.05) is 21.2 Å². The Kier molecular flexibility index (Phi) is 3.06. The number of guanidine groups is 1. The zero-order valence-electron chi connectivity index (χ0n) is 10.3. The summed E-state index contributed by atoms with van der Waals surface area (Å²) in [4.78, 5) is 6.72. The summed E-state index contributed by atoms with van der Waals surface area (Å²) in [7, 11) is 0. The fourth-order valence-corrected chi connectivity index (χ4v) is 4.60. The van der Waals surface area contributed by atoms with Crippen molar-refractivity contribution in [2.24, 2.45) is 10.7 Å². The minimum Gasteiger partial charge on any atom is -0.369 e. The van der Waals surface area contributed by atoms with Crippen molar-refractivity contribution in [3.8, 4) is 0 Å². The summed E-state index contributed by atoms with van der Waals surface area (Å²) in [5.41, 5.74) is 7.34. The van der Waals surface area contributed by atoms with Crippen LogP contribution in [0.1, 0.15) is 13.3 Å². The molecular formula is C13H16BrN3S. The van der Waals surface area contributed by atoms with Crippen LogP contribution in [0.4, 0.5) is 5.69 Å². The van der Waals surface area contributed by atoms with Crippen LogP contribution in [0.25, 0.3) is 0 Å². The molecule has 96 valence electrons. The van der Waals surface area contributed by atoms with Crippen LogP contribution in [0.5, 0.6) is 0 Å². The molecular weight excluding hydrogens is 310 g/mol. The van der Waals surface area contributed by atoms with E-state index in [0.717, 1.165) is 28.9 Å². The zero-order valence-corrected chi connectivity index (χ0v) is 12.7. The van der Waals surface area contributed by atoms with E-state index in [1.165, 1.54) is 0 Å². The van der Waals surface area contributed by atoms with Crippen molar-refractivity contribution in [2.75, 3.05) is 17.2 Å². The molecule has 2 atom stereocenters. The van der Waals surface area contributed by atoms with Gasteiger partial charge in [0.05, 0.1) is 12.1 Å². The van der Waals surface area contributed by atoms with Crippen LogP contribution in [-0.4, -0.2) is 29.0 Å². The van der Waals surface area contributed by atoms with Gasteiger partial charge in [-0.1, -0.05) is 28.9 Å². The number of rotatable bonds is 1. The SMILES string of the molecule is CC1CC2(CN=C(N)N2c2cccc(Br)c2)CS1. The highest BCUT2D eigenvalue weighted by Gasteiger charge is 2.47. The molecule has 2 heterocycles. The third-order valence-corrected chi connectivity index (χ3v) is 5.54. The molecule has 0 saturated carbocycles. The summed E-state index contributed by atoms with van der Waals surface area (Å²) in [6, 6.07) is 8.30. The summed E-state index contributed by atoms with van der Waals surface area (Å²) in [5, 5.41) is 0.681. The molecule has 1 aromatic carbocycles. The van der Waals surface area contributed by atoms with Crippen molar-refractivity contribution in [1.82, 2.24) is 0 Å². The van der Waals surface area contributed by atoms with E-state index in [1.54, 1.807) is 0 Å². The number of aliphatic imine (C=N–C) groups is 1. The van der Waals surface area contributed by atoms with E-state index in [1.807, 2.05) is 23.9 Å². The molecule has 0 aromatic heterocycles. The van der Waals surface area contributed by atoms with Gasteiger partial charge >= 0.3 is 0 Å². The van der Waals surface area contributed by atoms with E-state index < -0.39 is 0 Å². The Morgan fingerprint density at radius 2 is 2.39 bits per heavy atom. The van der Waals surface area contributed by atoms with Gasteiger partial charge in [-0.3, -0.25) is 4.99 Å². The predicted octanol–water partition coefficient (Wildman–Crippen LogP) is 2.85. The summed E-state index contributed by atoms with van der Waals surface area (Å²) in [5.74, 6) is 1.76. The number of benzene rings is 1. The number of hydrogen-bond donors (Lipinski definition) is 1. The smallest absolute Gasteiger partial charge is 0.196 e. The maximum atomic E-state index is 6.11. The molecule has 1 spiro atoms.